The molecule has 1 aliphatic carbocycles. The number of halogens is 1. The molecule has 2 rings (SSSR count). The molecule has 1 aliphatic rings. The van der Waals surface area contributed by atoms with Gasteiger partial charge in [-0.2, -0.15) is 0 Å². The molecule has 1 aromatic carbocycles. The Morgan fingerprint density at radius 2 is 2.27 bits per heavy atom. The summed E-state index contributed by atoms with van der Waals surface area (Å²) in [7, 11) is 0. The molecule has 0 fully saturated rings. The highest BCUT2D eigenvalue weighted by molar-refractivity contribution is 5.31. The van der Waals surface area contributed by atoms with Crippen LogP contribution < -0.4 is 0 Å². The molecule has 0 aliphatic heterocycles. The molecule has 0 bridgehead atoms. The predicted molar refractivity (Wildman–Crippen MR) is 58.2 cm³/mol. The van der Waals surface area contributed by atoms with Gasteiger partial charge >= 0.3 is 0 Å². The van der Waals surface area contributed by atoms with Gasteiger partial charge in [0.1, 0.15) is 5.82 Å². The number of aliphatic hydroxyl groups excluding tert-OH is 1. The van der Waals surface area contributed by atoms with Gasteiger partial charge in [-0.1, -0.05) is 17.7 Å². The second-order valence-corrected chi connectivity index (χ2v) is 4.18. The molecule has 2 heteroatoms. The lowest BCUT2D eigenvalue weighted by Crippen LogP contribution is -1.93. The van der Waals surface area contributed by atoms with Crippen LogP contribution in [0.5, 0.6) is 0 Å². The summed E-state index contributed by atoms with van der Waals surface area (Å²) >= 11 is 0. The highest BCUT2D eigenvalue weighted by atomic mass is 19.1. The summed E-state index contributed by atoms with van der Waals surface area (Å²) < 4.78 is 13.0. The minimum atomic E-state index is -0.297. The van der Waals surface area contributed by atoms with Crippen molar-refractivity contribution in [1.29, 1.82) is 0 Å². The Morgan fingerprint density at radius 1 is 1.47 bits per heavy atom. The van der Waals surface area contributed by atoms with E-state index in [0.29, 0.717) is 0 Å². The average Bonchev–Trinajstić information content (AvgIpc) is 2.58. The van der Waals surface area contributed by atoms with Gasteiger partial charge in [0.15, 0.2) is 0 Å². The lowest BCUT2D eigenvalue weighted by atomic mass is 10.0. The first kappa shape index (κ1) is 10.4. The topological polar surface area (TPSA) is 20.2 Å². The zero-order valence-corrected chi connectivity index (χ0v) is 8.83. The number of allylic oxidation sites excluding steroid dienone is 1. The lowest BCUT2D eigenvalue weighted by Gasteiger charge is -2.06. The molecule has 80 valence electrons. The fourth-order valence-corrected chi connectivity index (χ4v) is 1.99. The van der Waals surface area contributed by atoms with Gasteiger partial charge < -0.3 is 5.11 Å². The number of aliphatic hydroxyl groups is 1. The van der Waals surface area contributed by atoms with Crippen LogP contribution in [0.25, 0.3) is 0 Å². The van der Waals surface area contributed by atoms with Crippen molar-refractivity contribution in [2.24, 2.45) is 0 Å². The monoisotopic (exact) mass is 206 g/mol. The maximum atomic E-state index is 13.0. The van der Waals surface area contributed by atoms with Gasteiger partial charge in [0, 0.05) is 0 Å². The molecular weight excluding hydrogens is 191 g/mol. The van der Waals surface area contributed by atoms with Crippen LogP contribution in [0.4, 0.5) is 4.39 Å². The quantitative estimate of drug-likeness (QED) is 0.738. The highest BCUT2D eigenvalue weighted by Gasteiger charge is 2.13. The smallest absolute Gasteiger partial charge is 0.123 e. The van der Waals surface area contributed by atoms with Crippen molar-refractivity contribution < 1.29 is 9.50 Å². The first-order valence-corrected chi connectivity index (χ1v) is 5.28. The number of benzene rings is 1. The Kier molecular flexibility index (Phi) is 2.87. The summed E-state index contributed by atoms with van der Waals surface area (Å²) in [4.78, 5) is 0. The third-order valence-corrected chi connectivity index (χ3v) is 2.92. The van der Waals surface area contributed by atoms with E-state index in [2.05, 4.69) is 0 Å². The van der Waals surface area contributed by atoms with Crippen LogP contribution in [0.2, 0.25) is 0 Å². The number of hydrogen-bond donors (Lipinski definition) is 1. The van der Waals surface area contributed by atoms with Gasteiger partial charge in [0.05, 0.1) is 6.10 Å². The van der Waals surface area contributed by atoms with Crippen molar-refractivity contribution in [3.63, 3.8) is 0 Å². The van der Waals surface area contributed by atoms with Gasteiger partial charge in [0.2, 0.25) is 0 Å². The standard InChI is InChI=1S/C13H15FO/c1-9-2-4-12(14)8-11(9)6-10-3-5-13(15)7-10/h2,4,7-8,13,15H,3,5-6H2,1H3. The van der Waals surface area contributed by atoms with Crippen molar-refractivity contribution in [2.75, 3.05) is 0 Å². The van der Waals surface area contributed by atoms with Crippen LogP contribution in [0.3, 0.4) is 0 Å². The second kappa shape index (κ2) is 4.15. The molecule has 1 N–H and O–H groups in total. The first-order valence-electron chi connectivity index (χ1n) is 5.28. The molecule has 0 aromatic heterocycles. The summed E-state index contributed by atoms with van der Waals surface area (Å²) in [5.74, 6) is -0.185. The van der Waals surface area contributed by atoms with Crippen LogP contribution in [0, 0.1) is 12.7 Å². The Labute approximate surface area is 89.3 Å². The summed E-state index contributed by atoms with van der Waals surface area (Å²) in [5, 5.41) is 9.35. The third-order valence-electron chi connectivity index (χ3n) is 2.92. The van der Waals surface area contributed by atoms with Crippen LogP contribution in [0.1, 0.15) is 24.0 Å². The molecule has 15 heavy (non-hydrogen) atoms. The largest absolute Gasteiger partial charge is 0.389 e. The molecule has 0 saturated carbocycles. The van der Waals surface area contributed by atoms with E-state index < -0.39 is 0 Å². The van der Waals surface area contributed by atoms with E-state index in [1.165, 1.54) is 11.6 Å². The highest BCUT2D eigenvalue weighted by Crippen LogP contribution is 2.23. The van der Waals surface area contributed by atoms with Crippen molar-refractivity contribution in [3.05, 3.63) is 46.8 Å². The van der Waals surface area contributed by atoms with E-state index in [-0.39, 0.29) is 11.9 Å². The first-order chi connectivity index (χ1) is 7.15. The molecule has 1 nitrogen and oxygen atoms in total. The predicted octanol–water partition coefficient (Wildman–Crippen LogP) is 2.76. The van der Waals surface area contributed by atoms with Crippen LogP contribution in [0.15, 0.2) is 29.8 Å². The number of hydrogen-bond acceptors (Lipinski definition) is 1. The molecule has 0 radical (unpaired) electrons. The SMILES string of the molecule is Cc1ccc(F)cc1CC1=CC(O)CC1. The second-order valence-electron chi connectivity index (χ2n) is 4.18. The Morgan fingerprint density at radius 3 is 2.93 bits per heavy atom. The number of aryl methyl sites for hydroxylation is 1. The van der Waals surface area contributed by atoms with Gasteiger partial charge in [0.25, 0.3) is 0 Å². The fourth-order valence-electron chi connectivity index (χ4n) is 1.99. The van der Waals surface area contributed by atoms with Gasteiger partial charge in [-0.05, 0) is 49.4 Å². The van der Waals surface area contributed by atoms with Gasteiger partial charge in [-0.25, -0.2) is 4.39 Å². The van der Waals surface area contributed by atoms with E-state index >= 15 is 0 Å². The molecule has 0 saturated heterocycles. The number of rotatable bonds is 2. The molecular formula is C13H15FO. The maximum Gasteiger partial charge on any atom is 0.123 e. The zero-order valence-electron chi connectivity index (χ0n) is 8.83. The fraction of sp³-hybridized carbons (Fsp3) is 0.385. The maximum absolute atomic E-state index is 13.0. The molecule has 1 atom stereocenters. The van der Waals surface area contributed by atoms with E-state index in [9.17, 15) is 9.50 Å². The molecule has 1 aromatic rings. The van der Waals surface area contributed by atoms with E-state index in [4.69, 9.17) is 0 Å². The summed E-state index contributed by atoms with van der Waals surface area (Å²) in [5.41, 5.74) is 3.35. The normalized spacial score (nSPS) is 20.5. The summed E-state index contributed by atoms with van der Waals surface area (Å²) in [6.07, 6.45) is 4.10. The van der Waals surface area contributed by atoms with Crippen molar-refractivity contribution in [1.82, 2.24) is 0 Å². The minimum Gasteiger partial charge on any atom is -0.389 e. The van der Waals surface area contributed by atoms with Crippen LogP contribution in [-0.4, -0.2) is 11.2 Å². The van der Waals surface area contributed by atoms with Crippen molar-refractivity contribution >= 4 is 0 Å². The summed E-state index contributed by atoms with van der Waals surface area (Å²) in [6, 6.07) is 4.87. The van der Waals surface area contributed by atoms with E-state index in [1.807, 2.05) is 13.0 Å². The van der Waals surface area contributed by atoms with Crippen LogP contribution >= 0.6 is 0 Å². The Hall–Kier alpha value is -1.15. The molecule has 1 unspecified atom stereocenters. The van der Waals surface area contributed by atoms with Crippen molar-refractivity contribution in [2.45, 2.75) is 32.3 Å². The molecule has 0 spiro atoms. The molecule has 0 heterocycles. The molecule has 0 amide bonds. The zero-order chi connectivity index (χ0) is 10.8. The van der Waals surface area contributed by atoms with Gasteiger partial charge in [-0.15, -0.1) is 0 Å². The Bertz CT molecular complexity index is 396. The Balaban J connectivity index is 2.17. The van der Waals surface area contributed by atoms with Crippen LogP contribution in [-0.2, 0) is 6.42 Å². The minimum absolute atomic E-state index is 0.185. The van der Waals surface area contributed by atoms with E-state index in [0.717, 1.165) is 30.4 Å². The summed E-state index contributed by atoms with van der Waals surface area (Å²) in [6.45, 7) is 1.99. The van der Waals surface area contributed by atoms with Crippen molar-refractivity contribution in [3.8, 4) is 0 Å². The average molecular weight is 206 g/mol. The third kappa shape index (κ3) is 2.45. The van der Waals surface area contributed by atoms with E-state index in [1.54, 1.807) is 12.1 Å². The lowest BCUT2D eigenvalue weighted by molar-refractivity contribution is 0.223. The van der Waals surface area contributed by atoms with Gasteiger partial charge in [-0.3, -0.25) is 0 Å².